The highest BCUT2D eigenvalue weighted by Gasteiger charge is 2.34. The lowest BCUT2D eigenvalue weighted by molar-refractivity contribution is -0.137. The Hall–Kier alpha value is -3.56. The lowest BCUT2D eigenvalue weighted by Gasteiger charge is -2.16. The second-order valence-corrected chi connectivity index (χ2v) is 6.30. The number of amides is 4. The lowest BCUT2D eigenvalue weighted by Crippen LogP contribution is -2.29. The van der Waals surface area contributed by atoms with Crippen molar-refractivity contribution in [2.45, 2.75) is 26.6 Å². The van der Waals surface area contributed by atoms with Crippen LogP contribution >= 0.6 is 0 Å². The molecule has 0 spiro atoms. The Morgan fingerprint density at radius 3 is 2.17 bits per heavy atom. The van der Waals surface area contributed by atoms with E-state index in [1.807, 2.05) is 0 Å². The van der Waals surface area contributed by atoms with Crippen molar-refractivity contribution in [3.05, 3.63) is 59.2 Å². The molecule has 4 amide bonds. The van der Waals surface area contributed by atoms with E-state index >= 15 is 0 Å². The number of carbonyl (C=O) groups excluding carboxylic acids is 3. The van der Waals surface area contributed by atoms with Crippen LogP contribution in [-0.2, 0) is 17.5 Å². The first kappa shape index (κ1) is 22.7. The van der Waals surface area contributed by atoms with Crippen LogP contribution in [0.3, 0.4) is 0 Å². The van der Waals surface area contributed by atoms with Gasteiger partial charge < -0.3 is 21.3 Å². The summed E-state index contributed by atoms with van der Waals surface area (Å²) in [5.41, 5.74) is -0.446. The summed E-state index contributed by atoms with van der Waals surface area (Å²) in [5.74, 6) is -0.739. The van der Waals surface area contributed by atoms with Crippen LogP contribution in [0.15, 0.2) is 42.5 Å². The molecule has 160 valence electrons. The number of benzene rings is 2. The average Bonchev–Trinajstić information content (AvgIpc) is 2.67. The van der Waals surface area contributed by atoms with Crippen LogP contribution in [0.25, 0.3) is 0 Å². The van der Waals surface area contributed by atoms with Gasteiger partial charge in [-0.1, -0.05) is 12.1 Å². The highest BCUT2D eigenvalue weighted by molar-refractivity contribution is 5.94. The molecule has 0 heterocycles. The fourth-order valence-electron chi connectivity index (χ4n) is 2.55. The molecule has 2 aromatic rings. The normalized spacial score (nSPS) is 10.8. The predicted octanol–water partition coefficient (Wildman–Crippen LogP) is 3.74. The van der Waals surface area contributed by atoms with E-state index in [1.54, 1.807) is 31.2 Å². The molecule has 0 bridgehead atoms. The molecule has 0 aliphatic rings. The van der Waals surface area contributed by atoms with Crippen molar-refractivity contribution in [2.75, 3.05) is 17.2 Å². The number of urea groups is 1. The molecule has 30 heavy (non-hydrogen) atoms. The molecular weight excluding hydrogens is 401 g/mol. The lowest BCUT2D eigenvalue weighted by atomic mass is 10.1. The van der Waals surface area contributed by atoms with Gasteiger partial charge in [0.1, 0.15) is 0 Å². The SMILES string of the molecule is CCNC(=O)c1ccc(CNC(=O)Nc2ccc(NC(C)=O)cc2C(F)(F)F)cc1. The first-order chi connectivity index (χ1) is 14.1. The van der Waals surface area contributed by atoms with Gasteiger partial charge in [-0.3, -0.25) is 9.59 Å². The van der Waals surface area contributed by atoms with E-state index in [9.17, 15) is 27.6 Å². The van der Waals surface area contributed by atoms with Crippen LogP contribution in [0, 0.1) is 0 Å². The number of hydrogen-bond acceptors (Lipinski definition) is 3. The summed E-state index contributed by atoms with van der Waals surface area (Å²) < 4.78 is 39.9. The number of hydrogen-bond donors (Lipinski definition) is 4. The van der Waals surface area contributed by atoms with Crippen molar-refractivity contribution in [1.29, 1.82) is 0 Å². The van der Waals surface area contributed by atoms with Crippen molar-refractivity contribution in [3.8, 4) is 0 Å². The van der Waals surface area contributed by atoms with Gasteiger partial charge in [-0.2, -0.15) is 13.2 Å². The summed E-state index contributed by atoms with van der Waals surface area (Å²) >= 11 is 0. The molecule has 0 radical (unpaired) electrons. The van der Waals surface area contributed by atoms with Crippen LogP contribution in [0.5, 0.6) is 0 Å². The van der Waals surface area contributed by atoms with E-state index < -0.39 is 29.4 Å². The minimum atomic E-state index is -4.73. The molecular formula is C20H21F3N4O3. The smallest absolute Gasteiger partial charge is 0.352 e. The molecule has 0 aliphatic carbocycles. The monoisotopic (exact) mass is 422 g/mol. The maximum atomic E-state index is 13.3. The molecule has 0 fully saturated rings. The summed E-state index contributed by atoms with van der Waals surface area (Å²) in [6.45, 7) is 3.52. The van der Waals surface area contributed by atoms with Crippen molar-refractivity contribution < 1.29 is 27.6 Å². The molecule has 0 aromatic heterocycles. The molecule has 4 N–H and O–H groups in total. The van der Waals surface area contributed by atoms with Crippen LogP contribution in [0.2, 0.25) is 0 Å². The number of alkyl halides is 3. The third-order valence-corrected chi connectivity index (χ3v) is 3.90. The van der Waals surface area contributed by atoms with E-state index in [2.05, 4.69) is 21.3 Å². The van der Waals surface area contributed by atoms with Crippen LogP contribution < -0.4 is 21.3 Å². The molecule has 0 atom stereocenters. The summed E-state index contributed by atoms with van der Waals surface area (Å²) in [4.78, 5) is 34.8. The molecule has 10 heteroatoms. The zero-order valence-corrected chi connectivity index (χ0v) is 16.3. The molecule has 0 aliphatic heterocycles. The standard InChI is InChI=1S/C20H21F3N4O3/c1-3-24-18(29)14-6-4-13(5-7-14)11-25-19(30)27-17-9-8-15(26-12(2)28)10-16(17)20(21,22)23/h4-10H,3,11H2,1-2H3,(H,24,29)(H,26,28)(H2,25,27,30). The summed E-state index contributed by atoms with van der Waals surface area (Å²) in [6.07, 6.45) is -4.73. The number of halogens is 3. The minimum Gasteiger partial charge on any atom is -0.352 e. The van der Waals surface area contributed by atoms with Crippen molar-refractivity contribution in [3.63, 3.8) is 0 Å². The average molecular weight is 422 g/mol. The molecule has 7 nitrogen and oxygen atoms in total. The predicted molar refractivity (Wildman–Crippen MR) is 106 cm³/mol. The van der Waals surface area contributed by atoms with Gasteiger partial charge in [0.2, 0.25) is 5.91 Å². The Bertz CT molecular complexity index is 928. The number of carbonyl (C=O) groups is 3. The van der Waals surface area contributed by atoms with Gasteiger partial charge >= 0.3 is 12.2 Å². The first-order valence-corrected chi connectivity index (χ1v) is 9.01. The topological polar surface area (TPSA) is 99.3 Å². The highest BCUT2D eigenvalue weighted by Crippen LogP contribution is 2.36. The summed E-state index contributed by atoms with van der Waals surface area (Å²) in [6, 6.07) is 8.67. The number of nitrogens with one attached hydrogen (secondary N) is 4. The summed E-state index contributed by atoms with van der Waals surface area (Å²) in [7, 11) is 0. The molecule has 2 rings (SSSR count). The van der Waals surface area contributed by atoms with Crippen molar-refractivity contribution in [1.82, 2.24) is 10.6 Å². The van der Waals surface area contributed by atoms with Gasteiger partial charge in [-0.05, 0) is 42.8 Å². The third kappa shape index (κ3) is 6.50. The maximum absolute atomic E-state index is 13.3. The van der Waals surface area contributed by atoms with E-state index in [-0.39, 0.29) is 18.1 Å². The molecule has 2 aromatic carbocycles. The zero-order valence-electron chi connectivity index (χ0n) is 16.3. The van der Waals surface area contributed by atoms with E-state index in [0.29, 0.717) is 17.7 Å². The second-order valence-electron chi connectivity index (χ2n) is 6.30. The fourth-order valence-corrected chi connectivity index (χ4v) is 2.55. The van der Waals surface area contributed by atoms with E-state index in [4.69, 9.17) is 0 Å². The van der Waals surface area contributed by atoms with Gasteiger partial charge in [0, 0.05) is 31.3 Å². The summed E-state index contributed by atoms with van der Waals surface area (Å²) in [5, 5.41) is 9.55. The highest BCUT2D eigenvalue weighted by atomic mass is 19.4. The van der Waals surface area contributed by atoms with Gasteiger partial charge in [0.25, 0.3) is 5.91 Å². The van der Waals surface area contributed by atoms with E-state index in [1.165, 1.54) is 13.0 Å². The van der Waals surface area contributed by atoms with Crippen molar-refractivity contribution in [2.24, 2.45) is 0 Å². The Morgan fingerprint density at radius 1 is 0.933 bits per heavy atom. The van der Waals surface area contributed by atoms with Gasteiger partial charge in [-0.25, -0.2) is 4.79 Å². The molecule has 0 saturated heterocycles. The second kappa shape index (κ2) is 9.77. The Kier molecular flexibility index (Phi) is 7.40. The van der Waals surface area contributed by atoms with Gasteiger partial charge in [0.05, 0.1) is 11.3 Å². The van der Waals surface area contributed by atoms with Gasteiger partial charge in [0.15, 0.2) is 0 Å². The van der Waals surface area contributed by atoms with Crippen LogP contribution in [0.4, 0.5) is 29.3 Å². The first-order valence-electron chi connectivity index (χ1n) is 9.01. The zero-order chi connectivity index (χ0) is 22.3. The van der Waals surface area contributed by atoms with Crippen LogP contribution in [0.1, 0.15) is 35.3 Å². The fraction of sp³-hybridized carbons (Fsp3) is 0.250. The third-order valence-electron chi connectivity index (χ3n) is 3.90. The quantitative estimate of drug-likeness (QED) is 0.571. The Balaban J connectivity index is 2.03. The van der Waals surface area contributed by atoms with Crippen LogP contribution in [-0.4, -0.2) is 24.4 Å². The Morgan fingerprint density at radius 2 is 1.60 bits per heavy atom. The van der Waals surface area contributed by atoms with Crippen molar-refractivity contribution >= 4 is 29.2 Å². The number of rotatable bonds is 6. The number of anilines is 2. The molecule has 0 unspecified atom stereocenters. The maximum Gasteiger partial charge on any atom is 0.418 e. The van der Waals surface area contributed by atoms with Gasteiger partial charge in [-0.15, -0.1) is 0 Å². The largest absolute Gasteiger partial charge is 0.418 e. The Labute approximate surface area is 171 Å². The molecule has 0 saturated carbocycles. The van der Waals surface area contributed by atoms with E-state index in [0.717, 1.165) is 12.1 Å². The minimum absolute atomic E-state index is 0.0343.